The quantitative estimate of drug-likeness (QED) is 0.786. The maximum absolute atomic E-state index is 12.9. The van der Waals surface area contributed by atoms with E-state index in [1.165, 1.54) is 11.3 Å². The molecule has 6 nitrogen and oxygen atoms in total. The van der Waals surface area contributed by atoms with Crippen LogP contribution in [-0.4, -0.2) is 69.5 Å². The van der Waals surface area contributed by atoms with Gasteiger partial charge in [-0.1, -0.05) is 19.1 Å². The average molecular weight is 394 g/mol. The van der Waals surface area contributed by atoms with Gasteiger partial charge in [0, 0.05) is 45.0 Å². The van der Waals surface area contributed by atoms with Gasteiger partial charge in [0.2, 0.25) is 0 Å². The second-order valence-electron chi connectivity index (χ2n) is 8.11. The predicted molar refractivity (Wildman–Crippen MR) is 107 cm³/mol. The molecule has 3 saturated heterocycles. The highest BCUT2D eigenvalue weighted by Crippen LogP contribution is 2.42. The Labute approximate surface area is 163 Å². The highest BCUT2D eigenvalue weighted by atomic mass is 32.2. The highest BCUT2D eigenvalue weighted by molar-refractivity contribution is 7.86. The molecule has 4 rings (SSSR count). The van der Waals surface area contributed by atoms with Crippen molar-refractivity contribution in [3.63, 3.8) is 0 Å². The molecule has 0 atom stereocenters. The number of hydrogen-bond donors (Lipinski definition) is 0. The summed E-state index contributed by atoms with van der Waals surface area (Å²) in [5.41, 5.74) is 2.93. The van der Waals surface area contributed by atoms with Crippen LogP contribution in [0.5, 0.6) is 0 Å². The SMILES string of the molecule is CCc1ccc(N2CCC3(CCN(S(=O)(=O)N4CCOCC4)CC3)C2)cc1. The summed E-state index contributed by atoms with van der Waals surface area (Å²) in [6, 6.07) is 8.90. The van der Waals surface area contributed by atoms with Crippen LogP contribution in [0.1, 0.15) is 31.7 Å². The first-order chi connectivity index (χ1) is 13.0. The normalized spacial score (nSPS) is 24.6. The number of anilines is 1. The Kier molecular flexibility index (Phi) is 5.47. The average Bonchev–Trinajstić information content (AvgIpc) is 3.12. The molecule has 0 saturated carbocycles. The molecule has 1 spiro atoms. The summed E-state index contributed by atoms with van der Waals surface area (Å²) >= 11 is 0. The van der Waals surface area contributed by atoms with Crippen LogP contribution >= 0.6 is 0 Å². The van der Waals surface area contributed by atoms with Gasteiger partial charge in [-0.05, 0) is 48.8 Å². The minimum Gasteiger partial charge on any atom is -0.379 e. The van der Waals surface area contributed by atoms with Crippen molar-refractivity contribution in [1.82, 2.24) is 8.61 Å². The Morgan fingerprint density at radius 3 is 2.15 bits per heavy atom. The molecule has 7 heteroatoms. The summed E-state index contributed by atoms with van der Waals surface area (Å²) in [4.78, 5) is 2.48. The molecule has 3 heterocycles. The number of aryl methyl sites for hydroxylation is 1. The van der Waals surface area contributed by atoms with Crippen molar-refractivity contribution in [2.45, 2.75) is 32.6 Å². The number of benzene rings is 1. The summed E-state index contributed by atoms with van der Waals surface area (Å²) in [6.07, 6.45) is 4.14. The van der Waals surface area contributed by atoms with Gasteiger partial charge in [-0.15, -0.1) is 0 Å². The molecule has 1 aromatic carbocycles. The van der Waals surface area contributed by atoms with Gasteiger partial charge < -0.3 is 9.64 Å². The molecule has 0 bridgehead atoms. The standard InChI is InChI=1S/C20H31N3O3S/c1-2-18-3-5-19(6-4-18)21-10-7-20(17-21)8-11-22(12-9-20)27(24,25)23-13-15-26-16-14-23/h3-6H,2,7-17H2,1H3. The summed E-state index contributed by atoms with van der Waals surface area (Å²) in [6.45, 7) is 7.54. The summed E-state index contributed by atoms with van der Waals surface area (Å²) < 4.78 is 34.3. The first-order valence-corrected chi connectivity index (χ1v) is 11.6. The Balaban J connectivity index is 1.37. The zero-order valence-corrected chi connectivity index (χ0v) is 17.1. The van der Waals surface area contributed by atoms with Gasteiger partial charge >= 0.3 is 0 Å². The van der Waals surface area contributed by atoms with E-state index in [2.05, 4.69) is 36.1 Å². The lowest BCUT2D eigenvalue weighted by Gasteiger charge is -2.40. The van der Waals surface area contributed by atoms with Crippen LogP contribution in [0, 0.1) is 5.41 Å². The Hall–Kier alpha value is -1.15. The molecule has 3 aliphatic rings. The van der Waals surface area contributed by atoms with Crippen molar-refractivity contribution < 1.29 is 13.2 Å². The molecular weight excluding hydrogens is 362 g/mol. The van der Waals surface area contributed by atoms with Gasteiger partial charge in [0.05, 0.1) is 13.2 Å². The molecule has 0 radical (unpaired) electrons. The second-order valence-corrected chi connectivity index (χ2v) is 10.0. The molecular formula is C20H31N3O3S. The molecule has 0 N–H and O–H groups in total. The molecule has 1 aromatic rings. The van der Waals surface area contributed by atoms with Gasteiger partial charge in [0.1, 0.15) is 0 Å². The van der Waals surface area contributed by atoms with E-state index in [4.69, 9.17) is 4.74 Å². The van der Waals surface area contributed by atoms with Crippen LogP contribution in [-0.2, 0) is 21.4 Å². The van der Waals surface area contributed by atoms with E-state index in [9.17, 15) is 8.42 Å². The van der Waals surface area contributed by atoms with Crippen molar-refractivity contribution in [1.29, 1.82) is 0 Å². The first kappa shape index (κ1) is 19.2. The van der Waals surface area contributed by atoms with Crippen LogP contribution in [0.4, 0.5) is 5.69 Å². The van der Waals surface area contributed by atoms with Crippen molar-refractivity contribution in [3.8, 4) is 0 Å². The number of piperidine rings is 1. The summed E-state index contributed by atoms with van der Waals surface area (Å²) in [5, 5.41) is 0. The fourth-order valence-corrected chi connectivity index (χ4v) is 6.22. The van der Waals surface area contributed by atoms with Gasteiger partial charge in [-0.3, -0.25) is 0 Å². The number of nitrogens with zero attached hydrogens (tertiary/aromatic N) is 3. The van der Waals surface area contributed by atoms with Gasteiger partial charge in [0.25, 0.3) is 10.2 Å². The van der Waals surface area contributed by atoms with Gasteiger partial charge in [0.15, 0.2) is 0 Å². The van der Waals surface area contributed by atoms with Crippen LogP contribution in [0.2, 0.25) is 0 Å². The van der Waals surface area contributed by atoms with Crippen molar-refractivity contribution in [2.24, 2.45) is 5.41 Å². The number of hydrogen-bond acceptors (Lipinski definition) is 4. The molecule has 3 aliphatic heterocycles. The van der Waals surface area contributed by atoms with E-state index in [1.54, 1.807) is 8.61 Å². The lowest BCUT2D eigenvalue weighted by Crippen LogP contribution is -2.52. The minimum absolute atomic E-state index is 0.264. The summed E-state index contributed by atoms with van der Waals surface area (Å²) in [7, 11) is -3.33. The van der Waals surface area contributed by atoms with Crippen LogP contribution in [0.15, 0.2) is 24.3 Å². The zero-order chi connectivity index (χ0) is 18.9. The molecule has 150 valence electrons. The first-order valence-electron chi connectivity index (χ1n) is 10.2. The largest absolute Gasteiger partial charge is 0.379 e. The highest BCUT2D eigenvalue weighted by Gasteiger charge is 2.43. The van der Waals surface area contributed by atoms with E-state index in [-0.39, 0.29) is 5.41 Å². The number of morpholine rings is 1. The number of rotatable bonds is 4. The van der Waals surface area contributed by atoms with Crippen LogP contribution in [0.25, 0.3) is 0 Å². The van der Waals surface area contributed by atoms with E-state index in [0.717, 1.165) is 38.8 Å². The monoisotopic (exact) mass is 393 g/mol. The van der Waals surface area contributed by atoms with E-state index < -0.39 is 10.2 Å². The van der Waals surface area contributed by atoms with Crippen molar-refractivity contribution >= 4 is 15.9 Å². The minimum atomic E-state index is -3.33. The zero-order valence-electron chi connectivity index (χ0n) is 16.3. The third-order valence-corrected chi connectivity index (χ3v) is 8.59. The molecule has 0 amide bonds. The van der Waals surface area contributed by atoms with Crippen molar-refractivity contribution in [2.75, 3.05) is 57.4 Å². The Morgan fingerprint density at radius 2 is 1.52 bits per heavy atom. The maximum Gasteiger partial charge on any atom is 0.282 e. The molecule has 3 fully saturated rings. The fourth-order valence-electron chi connectivity index (χ4n) is 4.64. The van der Waals surface area contributed by atoms with Crippen LogP contribution < -0.4 is 4.90 Å². The van der Waals surface area contributed by atoms with Gasteiger partial charge in [-0.25, -0.2) is 0 Å². The van der Waals surface area contributed by atoms with E-state index in [0.29, 0.717) is 39.4 Å². The smallest absolute Gasteiger partial charge is 0.282 e. The summed E-state index contributed by atoms with van der Waals surface area (Å²) in [5.74, 6) is 0. The predicted octanol–water partition coefficient (Wildman–Crippen LogP) is 2.12. The van der Waals surface area contributed by atoms with E-state index in [1.807, 2.05) is 0 Å². The van der Waals surface area contributed by atoms with E-state index >= 15 is 0 Å². The molecule has 0 aliphatic carbocycles. The Morgan fingerprint density at radius 1 is 0.926 bits per heavy atom. The Bertz CT molecular complexity index is 736. The third-order valence-electron chi connectivity index (χ3n) is 6.55. The third kappa shape index (κ3) is 3.88. The topological polar surface area (TPSA) is 53.1 Å². The van der Waals surface area contributed by atoms with Crippen molar-refractivity contribution in [3.05, 3.63) is 29.8 Å². The fraction of sp³-hybridized carbons (Fsp3) is 0.700. The van der Waals surface area contributed by atoms with Crippen LogP contribution in [0.3, 0.4) is 0 Å². The second kappa shape index (κ2) is 7.70. The molecule has 0 aromatic heterocycles. The lowest BCUT2D eigenvalue weighted by molar-refractivity contribution is 0.0681. The number of ether oxygens (including phenoxy) is 1. The maximum atomic E-state index is 12.9. The lowest BCUT2D eigenvalue weighted by atomic mass is 9.78. The molecule has 27 heavy (non-hydrogen) atoms. The van der Waals surface area contributed by atoms with Gasteiger partial charge in [-0.2, -0.15) is 17.0 Å². The molecule has 0 unspecified atom stereocenters.